The number of aryl methyl sites for hydroxylation is 1. The Balaban J connectivity index is 2.14. The molecule has 0 bridgehead atoms. The Morgan fingerprint density at radius 2 is 2.28 bits per heavy atom. The van der Waals surface area contributed by atoms with E-state index >= 15 is 0 Å². The number of halogens is 1. The SMILES string of the molecule is CC(N)Cc1ccc(Sc2cnn(C)c2)c(Br)c1. The molecule has 0 fully saturated rings. The number of aromatic nitrogens is 2. The first-order chi connectivity index (χ1) is 8.54. The second-order valence-electron chi connectivity index (χ2n) is 4.40. The van der Waals surface area contributed by atoms with E-state index in [1.54, 1.807) is 16.4 Å². The van der Waals surface area contributed by atoms with Gasteiger partial charge in [0.05, 0.1) is 11.1 Å². The fourth-order valence-corrected chi connectivity index (χ4v) is 3.22. The molecule has 1 aromatic carbocycles. The molecule has 0 aliphatic carbocycles. The predicted molar refractivity (Wildman–Crippen MR) is 78.8 cm³/mol. The maximum Gasteiger partial charge on any atom is 0.0629 e. The molecule has 3 nitrogen and oxygen atoms in total. The lowest BCUT2D eigenvalue weighted by atomic mass is 10.1. The molecule has 0 amide bonds. The predicted octanol–water partition coefficient (Wildman–Crippen LogP) is 3.22. The van der Waals surface area contributed by atoms with E-state index in [0.29, 0.717) is 0 Å². The summed E-state index contributed by atoms with van der Waals surface area (Å²) in [5.74, 6) is 0. The maximum absolute atomic E-state index is 5.81. The van der Waals surface area contributed by atoms with Gasteiger partial charge in [-0.25, -0.2) is 0 Å². The van der Waals surface area contributed by atoms with Crippen LogP contribution in [-0.2, 0) is 13.5 Å². The van der Waals surface area contributed by atoms with Gasteiger partial charge in [0.2, 0.25) is 0 Å². The molecule has 0 saturated carbocycles. The number of nitrogens with two attached hydrogens (primary N) is 1. The van der Waals surface area contributed by atoms with Gasteiger partial charge in [0, 0.05) is 28.7 Å². The van der Waals surface area contributed by atoms with Gasteiger partial charge in [-0.3, -0.25) is 4.68 Å². The lowest BCUT2D eigenvalue weighted by Crippen LogP contribution is -2.17. The van der Waals surface area contributed by atoms with E-state index in [9.17, 15) is 0 Å². The molecule has 1 aromatic heterocycles. The van der Waals surface area contributed by atoms with Crippen LogP contribution < -0.4 is 5.73 Å². The number of rotatable bonds is 4. The minimum Gasteiger partial charge on any atom is -0.328 e. The van der Waals surface area contributed by atoms with E-state index < -0.39 is 0 Å². The van der Waals surface area contributed by atoms with Crippen molar-refractivity contribution in [2.75, 3.05) is 0 Å². The van der Waals surface area contributed by atoms with Crippen LogP contribution in [0.15, 0.2) is 44.9 Å². The molecule has 0 radical (unpaired) electrons. The zero-order valence-corrected chi connectivity index (χ0v) is 12.8. The van der Waals surface area contributed by atoms with E-state index in [-0.39, 0.29) is 6.04 Å². The standard InChI is InChI=1S/C13H16BrN3S/c1-9(15)5-10-3-4-13(12(14)6-10)18-11-7-16-17(2)8-11/h3-4,6-9H,5,15H2,1-2H3. The van der Waals surface area contributed by atoms with Crippen LogP contribution >= 0.6 is 27.7 Å². The minimum atomic E-state index is 0.189. The molecule has 0 saturated heterocycles. The molecular weight excluding hydrogens is 310 g/mol. The summed E-state index contributed by atoms with van der Waals surface area (Å²) in [5, 5.41) is 4.16. The van der Waals surface area contributed by atoms with Crippen molar-refractivity contribution >= 4 is 27.7 Å². The first kappa shape index (κ1) is 13.6. The van der Waals surface area contributed by atoms with Gasteiger partial charge < -0.3 is 5.73 Å². The third kappa shape index (κ3) is 3.60. The summed E-state index contributed by atoms with van der Waals surface area (Å²) in [4.78, 5) is 2.33. The van der Waals surface area contributed by atoms with Crippen LogP contribution in [-0.4, -0.2) is 15.8 Å². The second kappa shape index (κ2) is 5.91. The Hall–Kier alpha value is -0.780. The third-order valence-corrected chi connectivity index (χ3v) is 4.40. The third-order valence-electron chi connectivity index (χ3n) is 2.46. The molecular formula is C13H16BrN3S. The number of hydrogen-bond acceptors (Lipinski definition) is 3. The van der Waals surface area contributed by atoms with E-state index in [1.807, 2.05) is 26.4 Å². The highest BCUT2D eigenvalue weighted by atomic mass is 79.9. The van der Waals surface area contributed by atoms with Crippen LogP contribution in [0.4, 0.5) is 0 Å². The lowest BCUT2D eigenvalue weighted by Gasteiger charge is -2.08. The van der Waals surface area contributed by atoms with Crippen molar-refractivity contribution in [3.05, 3.63) is 40.6 Å². The van der Waals surface area contributed by atoms with Gasteiger partial charge in [0.15, 0.2) is 0 Å². The smallest absolute Gasteiger partial charge is 0.0629 e. The van der Waals surface area contributed by atoms with Crippen LogP contribution in [0.2, 0.25) is 0 Å². The number of benzene rings is 1. The van der Waals surface area contributed by atoms with Crippen molar-refractivity contribution in [1.29, 1.82) is 0 Å². The Kier molecular flexibility index (Phi) is 4.48. The summed E-state index contributed by atoms with van der Waals surface area (Å²) in [7, 11) is 1.92. The largest absolute Gasteiger partial charge is 0.328 e. The average molecular weight is 326 g/mol. The molecule has 2 N–H and O–H groups in total. The Morgan fingerprint density at radius 1 is 1.50 bits per heavy atom. The van der Waals surface area contributed by atoms with Gasteiger partial charge in [-0.15, -0.1) is 0 Å². The quantitative estimate of drug-likeness (QED) is 0.938. The molecule has 2 rings (SSSR count). The molecule has 5 heteroatoms. The fraction of sp³-hybridized carbons (Fsp3) is 0.308. The summed E-state index contributed by atoms with van der Waals surface area (Å²) in [5.41, 5.74) is 7.06. The normalized spacial score (nSPS) is 12.7. The highest BCUT2D eigenvalue weighted by Gasteiger charge is 2.06. The Labute approximate surface area is 120 Å². The summed E-state index contributed by atoms with van der Waals surface area (Å²) in [6.45, 7) is 2.02. The summed E-state index contributed by atoms with van der Waals surface area (Å²) < 4.78 is 2.91. The fourth-order valence-electron chi connectivity index (χ4n) is 1.70. The summed E-state index contributed by atoms with van der Waals surface area (Å²) in [6.07, 6.45) is 4.77. The van der Waals surface area contributed by atoms with Crippen molar-refractivity contribution in [3.63, 3.8) is 0 Å². The molecule has 0 spiro atoms. The van der Waals surface area contributed by atoms with Crippen LogP contribution in [0, 0.1) is 0 Å². The highest BCUT2D eigenvalue weighted by molar-refractivity contribution is 9.10. The van der Waals surface area contributed by atoms with Gasteiger partial charge >= 0.3 is 0 Å². The molecule has 2 aromatic rings. The highest BCUT2D eigenvalue weighted by Crippen LogP contribution is 2.33. The van der Waals surface area contributed by atoms with Crippen molar-refractivity contribution in [3.8, 4) is 0 Å². The lowest BCUT2D eigenvalue weighted by molar-refractivity contribution is 0.737. The van der Waals surface area contributed by atoms with E-state index in [4.69, 9.17) is 5.73 Å². The molecule has 0 aliphatic heterocycles. The molecule has 0 aliphatic rings. The van der Waals surface area contributed by atoms with E-state index in [1.165, 1.54) is 10.5 Å². The van der Waals surface area contributed by atoms with E-state index in [0.717, 1.165) is 15.8 Å². The zero-order chi connectivity index (χ0) is 13.1. The van der Waals surface area contributed by atoms with Crippen LogP contribution in [0.3, 0.4) is 0 Å². The summed E-state index contributed by atoms with van der Waals surface area (Å²) >= 11 is 5.31. The average Bonchev–Trinajstić information content (AvgIpc) is 2.67. The number of nitrogens with zero attached hydrogens (tertiary/aromatic N) is 2. The van der Waals surface area contributed by atoms with Crippen LogP contribution in [0.25, 0.3) is 0 Å². The van der Waals surface area contributed by atoms with Gasteiger partial charge in [-0.05, 0) is 47.0 Å². The monoisotopic (exact) mass is 325 g/mol. The minimum absolute atomic E-state index is 0.189. The van der Waals surface area contributed by atoms with Gasteiger partial charge in [-0.1, -0.05) is 17.8 Å². The molecule has 1 atom stereocenters. The summed E-state index contributed by atoms with van der Waals surface area (Å²) in [6, 6.07) is 6.59. The Morgan fingerprint density at radius 3 is 2.83 bits per heavy atom. The van der Waals surface area contributed by atoms with Crippen LogP contribution in [0.1, 0.15) is 12.5 Å². The molecule has 1 heterocycles. The first-order valence-electron chi connectivity index (χ1n) is 5.75. The van der Waals surface area contributed by atoms with Crippen molar-refractivity contribution in [1.82, 2.24) is 9.78 Å². The first-order valence-corrected chi connectivity index (χ1v) is 7.36. The topological polar surface area (TPSA) is 43.8 Å². The van der Waals surface area contributed by atoms with Gasteiger partial charge in [0.25, 0.3) is 0 Å². The second-order valence-corrected chi connectivity index (χ2v) is 6.37. The maximum atomic E-state index is 5.81. The molecule has 96 valence electrons. The van der Waals surface area contributed by atoms with Gasteiger partial charge in [0.1, 0.15) is 0 Å². The van der Waals surface area contributed by atoms with E-state index in [2.05, 4.69) is 39.2 Å². The molecule has 1 unspecified atom stereocenters. The van der Waals surface area contributed by atoms with Crippen LogP contribution in [0.5, 0.6) is 0 Å². The number of hydrogen-bond donors (Lipinski definition) is 1. The zero-order valence-electron chi connectivity index (χ0n) is 10.4. The van der Waals surface area contributed by atoms with Crippen molar-refractivity contribution < 1.29 is 0 Å². The van der Waals surface area contributed by atoms with Crippen molar-refractivity contribution in [2.24, 2.45) is 12.8 Å². The Bertz CT molecular complexity index is 537. The molecule has 18 heavy (non-hydrogen) atoms. The van der Waals surface area contributed by atoms with Gasteiger partial charge in [-0.2, -0.15) is 5.10 Å². The van der Waals surface area contributed by atoms with Crippen molar-refractivity contribution in [2.45, 2.75) is 29.2 Å².